The van der Waals surface area contributed by atoms with E-state index in [1.54, 1.807) is 0 Å². The molecular weight excluding hydrogens is 200 g/mol. The van der Waals surface area contributed by atoms with Gasteiger partial charge in [0.15, 0.2) is 0 Å². The van der Waals surface area contributed by atoms with Gasteiger partial charge in [-0.2, -0.15) is 0 Å². The first kappa shape index (κ1) is 11.6. The molecule has 0 aliphatic carbocycles. The molecule has 3 heteroatoms. The average Bonchev–Trinajstić information content (AvgIpc) is 2.69. The molecule has 0 saturated carbocycles. The monoisotopic (exact) mass is 220 g/mol. The third-order valence-electron chi connectivity index (χ3n) is 3.36. The van der Waals surface area contributed by atoms with Crippen LogP contribution in [-0.2, 0) is 4.74 Å². The van der Waals surface area contributed by atoms with Crippen LogP contribution in [0.25, 0.3) is 0 Å². The summed E-state index contributed by atoms with van der Waals surface area (Å²) in [5, 5.41) is 3.36. The van der Waals surface area contributed by atoms with Gasteiger partial charge in [-0.25, -0.2) is 0 Å². The summed E-state index contributed by atoms with van der Waals surface area (Å²) >= 11 is 0. The summed E-state index contributed by atoms with van der Waals surface area (Å²) in [6.45, 7) is 4.27. The lowest BCUT2D eigenvalue weighted by atomic mass is 9.97. The van der Waals surface area contributed by atoms with E-state index in [1.807, 2.05) is 19.4 Å². The fourth-order valence-electron chi connectivity index (χ4n) is 2.42. The van der Waals surface area contributed by atoms with Crippen molar-refractivity contribution < 1.29 is 4.74 Å². The minimum atomic E-state index is 0.263. The number of hydrogen-bond acceptors (Lipinski definition) is 3. The summed E-state index contributed by atoms with van der Waals surface area (Å²) in [7, 11) is 1.99. The van der Waals surface area contributed by atoms with E-state index in [1.165, 1.54) is 11.1 Å². The molecule has 1 N–H and O–H groups in total. The van der Waals surface area contributed by atoms with Gasteiger partial charge in [-0.3, -0.25) is 4.98 Å². The first-order chi connectivity index (χ1) is 7.72. The third kappa shape index (κ3) is 2.25. The van der Waals surface area contributed by atoms with Crippen LogP contribution in [0.2, 0.25) is 0 Å². The van der Waals surface area contributed by atoms with Crippen molar-refractivity contribution >= 4 is 0 Å². The first-order valence-electron chi connectivity index (χ1n) is 5.95. The topological polar surface area (TPSA) is 34.2 Å². The summed E-state index contributed by atoms with van der Waals surface area (Å²) in [6.07, 6.45) is 6.73. The predicted molar refractivity (Wildman–Crippen MR) is 64.3 cm³/mol. The molecule has 1 aliphatic heterocycles. The summed E-state index contributed by atoms with van der Waals surface area (Å²) in [5.74, 6) is 0. The lowest BCUT2D eigenvalue weighted by Gasteiger charge is -2.24. The van der Waals surface area contributed by atoms with E-state index >= 15 is 0 Å². The lowest BCUT2D eigenvalue weighted by molar-refractivity contribution is 0.0331. The molecule has 0 bridgehead atoms. The molecule has 1 aromatic heterocycles. The number of nitrogens with zero attached hydrogens (tertiary/aromatic N) is 1. The van der Waals surface area contributed by atoms with Crippen molar-refractivity contribution in [3.8, 4) is 0 Å². The number of nitrogens with one attached hydrogen (secondary N) is 1. The van der Waals surface area contributed by atoms with E-state index in [0.29, 0.717) is 6.10 Å². The molecule has 3 unspecified atom stereocenters. The van der Waals surface area contributed by atoms with Crippen molar-refractivity contribution in [2.45, 2.75) is 44.9 Å². The van der Waals surface area contributed by atoms with Crippen molar-refractivity contribution in [1.82, 2.24) is 10.3 Å². The van der Waals surface area contributed by atoms with Gasteiger partial charge in [-0.1, -0.05) is 0 Å². The van der Waals surface area contributed by atoms with E-state index in [0.717, 1.165) is 12.8 Å². The number of pyridine rings is 1. The van der Waals surface area contributed by atoms with Crippen LogP contribution in [0.5, 0.6) is 0 Å². The van der Waals surface area contributed by atoms with Crippen LogP contribution in [0.15, 0.2) is 18.5 Å². The van der Waals surface area contributed by atoms with Crippen LogP contribution in [-0.4, -0.2) is 24.2 Å². The minimum absolute atomic E-state index is 0.263. The average molecular weight is 220 g/mol. The highest BCUT2D eigenvalue weighted by molar-refractivity contribution is 5.26. The maximum absolute atomic E-state index is 5.93. The van der Waals surface area contributed by atoms with Crippen LogP contribution in [0.1, 0.15) is 36.9 Å². The van der Waals surface area contributed by atoms with Crippen LogP contribution in [0.4, 0.5) is 0 Å². The van der Waals surface area contributed by atoms with E-state index in [2.05, 4.69) is 30.2 Å². The summed E-state index contributed by atoms with van der Waals surface area (Å²) < 4.78 is 5.93. The SMILES string of the molecule is CNC(c1cnccc1C)C1CCC(C)O1. The molecule has 0 radical (unpaired) electrons. The number of ether oxygens (including phenoxy) is 1. The molecule has 1 aromatic rings. The number of hydrogen-bond donors (Lipinski definition) is 1. The van der Waals surface area contributed by atoms with Crippen molar-refractivity contribution in [3.63, 3.8) is 0 Å². The Kier molecular flexibility index (Phi) is 3.56. The van der Waals surface area contributed by atoms with Gasteiger partial charge in [0.25, 0.3) is 0 Å². The van der Waals surface area contributed by atoms with E-state index < -0.39 is 0 Å². The molecule has 0 amide bonds. The van der Waals surface area contributed by atoms with Gasteiger partial charge in [0.1, 0.15) is 0 Å². The van der Waals surface area contributed by atoms with Gasteiger partial charge in [0.05, 0.1) is 18.2 Å². The fraction of sp³-hybridized carbons (Fsp3) is 0.615. The lowest BCUT2D eigenvalue weighted by Crippen LogP contribution is -2.30. The molecule has 3 atom stereocenters. The molecule has 3 nitrogen and oxygen atoms in total. The summed E-state index contributed by atoms with van der Waals surface area (Å²) in [4.78, 5) is 4.21. The predicted octanol–water partition coefficient (Wildman–Crippen LogP) is 2.22. The van der Waals surface area contributed by atoms with Crippen molar-refractivity contribution in [2.75, 3.05) is 7.05 Å². The maximum atomic E-state index is 5.93. The molecule has 2 heterocycles. The number of aryl methyl sites for hydroxylation is 1. The largest absolute Gasteiger partial charge is 0.373 e. The normalized spacial score (nSPS) is 26.9. The van der Waals surface area contributed by atoms with Gasteiger partial charge in [0, 0.05) is 12.4 Å². The number of rotatable bonds is 3. The second-order valence-corrected chi connectivity index (χ2v) is 4.56. The van der Waals surface area contributed by atoms with Crippen molar-refractivity contribution in [3.05, 3.63) is 29.6 Å². The zero-order valence-electron chi connectivity index (χ0n) is 10.2. The fourth-order valence-corrected chi connectivity index (χ4v) is 2.42. The molecule has 1 aliphatic rings. The molecule has 2 rings (SSSR count). The Morgan fingerprint density at radius 3 is 2.88 bits per heavy atom. The van der Waals surface area contributed by atoms with Gasteiger partial charge < -0.3 is 10.1 Å². The number of aromatic nitrogens is 1. The van der Waals surface area contributed by atoms with Crippen LogP contribution in [0, 0.1) is 6.92 Å². The van der Waals surface area contributed by atoms with E-state index in [4.69, 9.17) is 4.74 Å². The van der Waals surface area contributed by atoms with Gasteiger partial charge in [-0.05, 0) is 50.9 Å². The summed E-state index contributed by atoms with van der Waals surface area (Å²) in [6, 6.07) is 2.32. The molecule has 88 valence electrons. The summed E-state index contributed by atoms with van der Waals surface area (Å²) in [5.41, 5.74) is 2.53. The molecule has 1 saturated heterocycles. The standard InChI is InChI=1S/C13H20N2O/c1-9-6-7-15-8-11(9)13(14-3)12-5-4-10(2)16-12/h6-8,10,12-14H,4-5H2,1-3H3. The van der Waals surface area contributed by atoms with Crippen molar-refractivity contribution in [2.24, 2.45) is 0 Å². The highest BCUT2D eigenvalue weighted by Gasteiger charge is 2.30. The Morgan fingerprint density at radius 1 is 1.50 bits per heavy atom. The Labute approximate surface area is 97.2 Å². The highest BCUT2D eigenvalue weighted by Crippen LogP contribution is 2.30. The highest BCUT2D eigenvalue weighted by atomic mass is 16.5. The Balaban J connectivity index is 2.19. The third-order valence-corrected chi connectivity index (χ3v) is 3.36. The molecule has 0 spiro atoms. The second kappa shape index (κ2) is 4.93. The Bertz CT molecular complexity index is 354. The quantitative estimate of drug-likeness (QED) is 0.848. The van der Waals surface area contributed by atoms with Gasteiger partial charge >= 0.3 is 0 Å². The molecular formula is C13H20N2O. The van der Waals surface area contributed by atoms with Crippen LogP contribution >= 0.6 is 0 Å². The second-order valence-electron chi connectivity index (χ2n) is 4.56. The van der Waals surface area contributed by atoms with Crippen LogP contribution < -0.4 is 5.32 Å². The van der Waals surface area contributed by atoms with Gasteiger partial charge in [0.2, 0.25) is 0 Å². The van der Waals surface area contributed by atoms with E-state index in [9.17, 15) is 0 Å². The molecule has 1 fully saturated rings. The van der Waals surface area contributed by atoms with Crippen molar-refractivity contribution in [1.29, 1.82) is 0 Å². The smallest absolute Gasteiger partial charge is 0.0774 e. The number of likely N-dealkylation sites (N-methyl/N-ethyl adjacent to an activating group) is 1. The Morgan fingerprint density at radius 2 is 2.31 bits per heavy atom. The van der Waals surface area contributed by atoms with Gasteiger partial charge in [-0.15, -0.1) is 0 Å². The zero-order chi connectivity index (χ0) is 11.5. The minimum Gasteiger partial charge on any atom is -0.373 e. The Hall–Kier alpha value is -0.930. The van der Waals surface area contributed by atoms with Crippen LogP contribution in [0.3, 0.4) is 0 Å². The molecule has 16 heavy (non-hydrogen) atoms. The molecule has 0 aromatic carbocycles. The first-order valence-corrected chi connectivity index (χ1v) is 5.95. The maximum Gasteiger partial charge on any atom is 0.0774 e. The zero-order valence-corrected chi connectivity index (χ0v) is 10.2. The van der Waals surface area contributed by atoms with E-state index in [-0.39, 0.29) is 12.1 Å².